The van der Waals surface area contributed by atoms with Crippen LogP contribution in [0.25, 0.3) is 0 Å². The van der Waals surface area contributed by atoms with E-state index < -0.39 is 0 Å². The van der Waals surface area contributed by atoms with E-state index in [9.17, 15) is 4.39 Å². The third-order valence-corrected chi connectivity index (χ3v) is 2.55. The Morgan fingerprint density at radius 3 is 2.74 bits per heavy atom. The highest BCUT2D eigenvalue weighted by molar-refractivity contribution is 5.59. The molecule has 2 rings (SSSR count). The van der Waals surface area contributed by atoms with Gasteiger partial charge in [-0.1, -0.05) is 0 Å². The van der Waals surface area contributed by atoms with Crippen molar-refractivity contribution < 1.29 is 4.39 Å². The van der Waals surface area contributed by atoms with Crippen molar-refractivity contribution in [3.8, 4) is 0 Å². The second-order valence-electron chi connectivity index (χ2n) is 4.09. The molecular weight excluding hydrogens is 245 g/mol. The molecule has 0 bridgehead atoms. The summed E-state index contributed by atoms with van der Waals surface area (Å²) >= 11 is 0. The van der Waals surface area contributed by atoms with Gasteiger partial charge in [0, 0.05) is 24.8 Å². The first-order valence-corrected chi connectivity index (χ1v) is 5.98. The van der Waals surface area contributed by atoms with Crippen LogP contribution in [0.1, 0.15) is 5.56 Å². The highest BCUT2D eigenvalue weighted by atomic mass is 19.1. The Labute approximate surface area is 111 Å². The fraction of sp³-hybridized carbons (Fsp3) is 0.231. The van der Waals surface area contributed by atoms with Crippen molar-refractivity contribution in [2.24, 2.45) is 5.73 Å². The van der Waals surface area contributed by atoms with Crippen LogP contribution < -0.4 is 16.4 Å². The fourth-order valence-corrected chi connectivity index (χ4v) is 1.59. The van der Waals surface area contributed by atoms with Crippen LogP contribution in [0.4, 0.5) is 21.7 Å². The van der Waals surface area contributed by atoms with Gasteiger partial charge in [0.05, 0.1) is 0 Å². The molecule has 0 saturated heterocycles. The number of benzene rings is 1. The number of nitrogens with zero attached hydrogens (tertiary/aromatic N) is 2. The molecule has 5 nitrogen and oxygen atoms in total. The molecule has 100 valence electrons. The molecule has 0 radical (unpaired) electrons. The molecule has 0 aliphatic rings. The fourth-order valence-electron chi connectivity index (χ4n) is 1.59. The van der Waals surface area contributed by atoms with E-state index >= 15 is 0 Å². The van der Waals surface area contributed by atoms with Crippen LogP contribution in [-0.4, -0.2) is 23.1 Å². The lowest BCUT2D eigenvalue weighted by Gasteiger charge is -2.08. The summed E-state index contributed by atoms with van der Waals surface area (Å²) in [5.74, 6) is 1.11. The molecule has 4 N–H and O–H groups in total. The summed E-state index contributed by atoms with van der Waals surface area (Å²) < 4.78 is 13.2. The van der Waals surface area contributed by atoms with Gasteiger partial charge in [0.15, 0.2) is 0 Å². The Bertz CT molecular complexity index is 558. The van der Waals surface area contributed by atoms with Gasteiger partial charge in [0.25, 0.3) is 0 Å². The van der Waals surface area contributed by atoms with E-state index in [0.717, 1.165) is 5.69 Å². The minimum atomic E-state index is -0.224. The SMILES string of the molecule is Cc1cc(Nc2cc(NCCN)ncn2)ccc1F. The second kappa shape index (κ2) is 6.10. The zero-order valence-electron chi connectivity index (χ0n) is 10.7. The first kappa shape index (κ1) is 13.2. The summed E-state index contributed by atoms with van der Waals surface area (Å²) in [6.45, 7) is 2.89. The molecule has 0 atom stereocenters. The average molecular weight is 261 g/mol. The third kappa shape index (κ3) is 3.62. The van der Waals surface area contributed by atoms with Crippen LogP contribution in [0.15, 0.2) is 30.6 Å². The summed E-state index contributed by atoms with van der Waals surface area (Å²) in [6, 6.07) is 6.59. The minimum Gasteiger partial charge on any atom is -0.369 e. The van der Waals surface area contributed by atoms with Crippen LogP contribution in [-0.2, 0) is 0 Å². The maximum absolute atomic E-state index is 13.2. The summed E-state index contributed by atoms with van der Waals surface area (Å²) in [4.78, 5) is 8.18. The Balaban J connectivity index is 2.11. The molecule has 0 fully saturated rings. The molecule has 19 heavy (non-hydrogen) atoms. The minimum absolute atomic E-state index is 0.224. The van der Waals surface area contributed by atoms with Crippen molar-refractivity contribution in [3.05, 3.63) is 42.0 Å². The van der Waals surface area contributed by atoms with Gasteiger partial charge in [-0.15, -0.1) is 0 Å². The highest BCUT2D eigenvalue weighted by Crippen LogP contribution is 2.18. The standard InChI is InChI=1S/C13H16FN5/c1-9-6-10(2-3-11(9)14)19-13-7-12(16-5-4-15)17-8-18-13/h2-3,6-8H,4-5,15H2,1H3,(H2,16,17,18,19). The normalized spacial score (nSPS) is 10.3. The first-order valence-electron chi connectivity index (χ1n) is 5.98. The Hall–Kier alpha value is -2.21. The molecule has 0 unspecified atom stereocenters. The van der Waals surface area contributed by atoms with Crippen molar-refractivity contribution in [1.82, 2.24) is 9.97 Å². The van der Waals surface area contributed by atoms with Gasteiger partial charge >= 0.3 is 0 Å². The van der Waals surface area contributed by atoms with Gasteiger partial charge in [-0.2, -0.15) is 0 Å². The zero-order valence-corrected chi connectivity index (χ0v) is 10.7. The highest BCUT2D eigenvalue weighted by Gasteiger charge is 2.02. The lowest BCUT2D eigenvalue weighted by molar-refractivity contribution is 0.619. The summed E-state index contributed by atoms with van der Waals surface area (Å²) in [5, 5.41) is 6.16. The number of aromatic nitrogens is 2. The number of nitrogens with two attached hydrogens (primary N) is 1. The lowest BCUT2D eigenvalue weighted by Crippen LogP contribution is -2.14. The molecule has 1 aromatic heterocycles. The zero-order chi connectivity index (χ0) is 13.7. The predicted molar refractivity (Wildman–Crippen MR) is 74.0 cm³/mol. The Kier molecular flexibility index (Phi) is 4.25. The van der Waals surface area contributed by atoms with E-state index in [1.807, 2.05) is 0 Å². The second-order valence-corrected chi connectivity index (χ2v) is 4.09. The largest absolute Gasteiger partial charge is 0.369 e. The molecule has 2 aromatic rings. The topological polar surface area (TPSA) is 75.9 Å². The van der Waals surface area contributed by atoms with Crippen LogP contribution >= 0.6 is 0 Å². The first-order chi connectivity index (χ1) is 9.19. The number of rotatable bonds is 5. The quantitative estimate of drug-likeness (QED) is 0.768. The number of hydrogen-bond donors (Lipinski definition) is 3. The van der Waals surface area contributed by atoms with Gasteiger partial charge in [0.2, 0.25) is 0 Å². The van der Waals surface area contributed by atoms with Gasteiger partial charge in [-0.05, 0) is 30.7 Å². The Morgan fingerprint density at radius 2 is 2.00 bits per heavy atom. The van der Waals surface area contributed by atoms with Crippen molar-refractivity contribution in [1.29, 1.82) is 0 Å². The van der Waals surface area contributed by atoms with E-state index in [1.165, 1.54) is 12.4 Å². The number of halogens is 1. The summed E-state index contributed by atoms with van der Waals surface area (Å²) in [6.07, 6.45) is 1.46. The van der Waals surface area contributed by atoms with Gasteiger partial charge < -0.3 is 16.4 Å². The Morgan fingerprint density at radius 1 is 1.21 bits per heavy atom. The molecule has 0 amide bonds. The molecule has 0 aliphatic carbocycles. The molecule has 1 heterocycles. The van der Waals surface area contributed by atoms with E-state index in [-0.39, 0.29) is 5.82 Å². The van der Waals surface area contributed by atoms with Crippen LogP contribution in [0.3, 0.4) is 0 Å². The van der Waals surface area contributed by atoms with Gasteiger partial charge in [-0.3, -0.25) is 0 Å². The van der Waals surface area contributed by atoms with E-state index in [2.05, 4.69) is 20.6 Å². The summed E-state index contributed by atoms with van der Waals surface area (Å²) in [5.41, 5.74) is 6.78. The molecule has 1 aromatic carbocycles. The number of aryl methyl sites for hydroxylation is 1. The lowest BCUT2D eigenvalue weighted by atomic mass is 10.2. The maximum Gasteiger partial charge on any atom is 0.135 e. The molecule has 0 aliphatic heterocycles. The van der Waals surface area contributed by atoms with E-state index in [1.54, 1.807) is 25.1 Å². The molecule has 6 heteroatoms. The van der Waals surface area contributed by atoms with Gasteiger partial charge in [0.1, 0.15) is 23.8 Å². The maximum atomic E-state index is 13.2. The van der Waals surface area contributed by atoms with E-state index in [0.29, 0.717) is 30.3 Å². The number of hydrogen-bond acceptors (Lipinski definition) is 5. The number of anilines is 3. The van der Waals surface area contributed by atoms with Crippen LogP contribution in [0.2, 0.25) is 0 Å². The molecule has 0 spiro atoms. The van der Waals surface area contributed by atoms with Crippen molar-refractivity contribution in [2.45, 2.75) is 6.92 Å². The van der Waals surface area contributed by atoms with Crippen molar-refractivity contribution >= 4 is 17.3 Å². The van der Waals surface area contributed by atoms with Gasteiger partial charge in [-0.25, -0.2) is 14.4 Å². The average Bonchev–Trinajstić information content (AvgIpc) is 2.41. The predicted octanol–water partition coefficient (Wildman–Crippen LogP) is 2.04. The third-order valence-electron chi connectivity index (χ3n) is 2.55. The van der Waals surface area contributed by atoms with Crippen molar-refractivity contribution in [2.75, 3.05) is 23.7 Å². The van der Waals surface area contributed by atoms with Crippen molar-refractivity contribution in [3.63, 3.8) is 0 Å². The van der Waals surface area contributed by atoms with Crippen LogP contribution in [0.5, 0.6) is 0 Å². The summed E-state index contributed by atoms with van der Waals surface area (Å²) in [7, 11) is 0. The number of nitrogens with one attached hydrogen (secondary N) is 2. The smallest absolute Gasteiger partial charge is 0.135 e. The molecule has 0 saturated carbocycles. The van der Waals surface area contributed by atoms with Crippen LogP contribution in [0, 0.1) is 12.7 Å². The van der Waals surface area contributed by atoms with E-state index in [4.69, 9.17) is 5.73 Å². The monoisotopic (exact) mass is 261 g/mol. The molecular formula is C13H16FN5.